The van der Waals surface area contributed by atoms with Crippen molar-refractivity contribution >= 4 is 6.09 Å². The van der Waals surface area contributed by atoms with E-state index in [0.29, 0.717) is 0 Å². The molecule has 1 amide bonds. The van der Waals surface area contributed by atoms with Gasteiger partial charge in [-0.25, -0.2) is 4.79 Å². The number of carbonyl (C=O) groups is 1. The van der Waals surface area contributed by atoms with Gasteiger partial charge in [-0.2, -0.15) is 0 Å². The van der Waals surface area contributed by atoms with E-state index in [1.807, 2.05) is 25.7 Å². The molecule has 4 nitrogen and oxygen atoms in total. The Balaban J connectivity index is 2.57. The minimum atomic E-state index is -0.404. The van der Waals surface area contributed by atoms with Gasteiger partial charge in [-0.15, -0.1) is 0 Å². The van der Waals surface area contributed by atoms with Gasteiger partial charge in [0.2, 0.25) is 0 Å². The highest BCUT2D eigenvalue weighted by Gasteiger charge is 2.29. The van der Waals surface area contributed by atoms with Crippen LogP contribution in [0.2, 0.25) is 0 Å². The largest absolute Gasteiger partial charge is 0.444 e. The van der Waals surface area contributed by atoms with Crippen molar-refractivity contribution in [2.24, 2.45) is 0 Å². The zero-order valence-corrected chi connectivity index (χ0v) is 10.9. The number of piperazine rings is 1. The first kappa shape index (κ1) is 13.3. The number of nitrogens with one attached hydrogen (secondary N) is 1. The van der Waals surface area contributed by atoms with E-state index < -0.39 is 5.60 Å². The van der Waals surface area contributed by atoms with Crippen LogP contribution in [0, 0.1) is 0 Å². The molecule has 94 valence electrons. The fraction of sp³-hybridized carbons (Fsp3) is 0.917. The molecule has 0 spiro atoms. The van der Waals surface area contributed by atoms with E-state index in [4.69, 9.17) is 4.74 Å². The summed E-state index contributed by atoms with van der Waals surface area (Å²) < 4.78 is 5.41. The van der Waals surface area contributed by atoms with Crippen LogP contribution in [0.15, 0.2) is 0 Å². The van der Waals surface area contributed by atoms with Crippen LogP contribution in [0.1, 0.15) is 40.5 Å². The van der Waals surface area contributed by atoms with Gasteiger partial charge in [-0.3, -0.25) is 0 Å². The van der Waals surface area contributed by atoms with Gasteiger partial charge in [0.05, 0.1) is 0 Å². The minimum absolute atomic E-state index is 0.174. The molecule has 0 aromatic heterocycles. The smallest absolute Gasteiger partial charge is 0.410 e. The van der Waals surface area contributed by atoms with Crippen molar-refractivity contribution in [1.29, 1.82) is 0 Å². The molecule has 0 saturated carbocycles. The number of amides is 1. The highest BCUT2D eigenvalue weighted by atomic mass is 16.6. The standard InChI is InChI=1S/C12H24N2O2/c1-5-6-10-9-13-7-8-14(10)11(15)16-12(2,3)4/h10,13H,5-9H2,1-4H3. The van der Waals surface area contributed by atoms with E-state index in [-0.39, 0.29) is 12.1 Å². The van der Waals surface area contributed by atoms with Crippen molar-refractivity contribution in [1.82, 2.24) is 10.2 Å². The first-order valence-corrected chi connectivity index (χ1v) is 6.14. The maximum Gasteiger partial charge on any atom is 0.410 e. The summed E-state index contributed by atoms with van der Waals surface area (Å²) in [4.78, 5) is 13.8. The summed E-state index contributed by atoms with van der Waals surface area (Å²) >= 11 is 0. The van der Waals surface area contributed by atoms with Gasteiger partial charge in [0.1, 0.15) is 5.60 Å². The zero-order chi connectivity index (χ0) is 12.2. The summed E-state index contributed by atoms with van der Waals surface area (Å²) in [6, 6.07) is 0.286. The van der Waals surface area contributed by atoms with Crippen LogP contribution in [0.3, 0.4) is 0 Å². The summed E-state index contributed by atoms with van der Waals surface area (Å²) in [5.41, 5.74) is -0.404. The SMILES string of the molecule is CCCC1CNCCN1C(=O)OC(C)(C)C. The molecule has 0 bridgehead atoms. The molecule has 16 heavy (non-hydrogen) atoms. The molecule has 1 aliphatic rings. The second-order valence-electron chi connectivity index (χ2n) is 5.32. The van der Waals surface area contributed by atoms with E-state index in [1.165, 1.54) is 0 Å². The van der Waals surface area contributed by atoms with Gasteiger partial charge in [-0.05, 0) is 27.2 Å². The van der Waals surface area contributed by atoms with Gasteiger partial charge in [0.25, 0.3) is 0 Å². The second-order valence-corrected chi connectivity index (χ2v) is 5.32. The van der Waals surface area contributed by atoms with Crippen molar-refractivity contribution in [3.8, 4) is 0 Å². The third kappa shape index (κ3) is 4.00. The van der Waals surface area contributed by atoms with Crippen LogP contribution in [-0.2, 0) is 4.74 Å². The van der Waals surface area contributed by atoms with Crippen LogP contribution in [0.25, 0.3) is 0 Å². The molecule has 0 radical (unpaired) electrons. The van der Waals surface area contributed by atoms with Crippen LogP contribution >= 0.6 is 0 Å². The number of hydrogen-bond donors (Lipinski definition) is 1. The Morgan fingerprint density at radius 3 is 2.75 bits per heavy atom. The third-order valence-corrected chi connectivity index (χ3v) is 2.60. The van der Waals surface area contributed by atoms with Crippen molar-refractivity contribution in [3.05, 3.63) is 0 Å². The predicted molar refractivity (Wildman–Crippen MR) is 64.5 cm³/mol. The normalized spacial score (nSPS) is 22.0. The average Bonchev–Trinajstić information content (AvgIpc) is 2.16. The molecular weight excluding hydrogens is 204 g/mol. The Bertz CT molecular complexity index is 234. The lowest BCUT2D eigenvalue weighted by atomic mass is 10.1. The van der Waals surface area contributed by atoms with E-state index in [0.717, 1.165) is 32.5 Å². The summed E-state index contributed by atoms with van der Waals surface area (Å²) in [6.45, 7) is 10.3. The second kappa shape index (κ2) is 5.53. The molecule has 1 atom stereocenters. The van der Waals surface area contributed by atoms with E-state index in [9.17, 15) is 4.79 Å². The average molecular weight is 228 g/mol. The van der Waals surface area contributed by atoms with Crippen LogP contribution in [-0.4, -0.2) is 42.3 Å². The zero-order valence-electron chi connectivity index (χ0n) is 10.9. The number of ether oxygens (including phenoxy) is 1. The monoisotopic (exact) mass is 228 g/mol. The van der Waals surface area contributed by atoms with Crippen LogP contribution in [0.5, 0.6) is 0 Å². The van der Waals surface area contributed by atoms with Crippen molar-refractivity contribution in [3.63, 3.8) is 0 Å². The maximum absolute atomic E-state index is 12.0. The van der Waals surface area contributed by atoms with Gasteiger partial charge < -0.3 is 15.0 Å². The van der Waals surface area contributed by atoms with Crippen molar-refractivity contribution in [2.75, 3.05) is 19.6 Å². The Hall–Kier alpha value is -0.770. The van der Waals surface area contributed by atoms with Crippen molar-refractivity contribution < 1.29 is 9.53 Å². The summed E-state index contributed by atoms with van der Waals surface area (Å²) in [5.74, 6) is 0. The number of rotatable bonds is 2. The summed E-state index contributed by atoms with van der Waals surface area (Å²) in [5, 5.41) is 3.32. The molecule has 0 aromatic carbocycles. The summed E-state index contributed by atoms with van der Waals surface area (Å²) in [6.07, 6.45) is 1.95. The molecule has 1 heterocycles. The lowest BCUT2D eigenvalue weighted by Crippen LogP contribution is -2.54. The molecule has 1 unspecified atom stereocenters. The molecule has 4 heteroatoms. The van der Waals surface area contributed by atoms with E-state index >= 15 is 0 Å². The van der Waals surface area contributed by atoms with Crippen LogP contribution < -0.4 is 5.32 Å². The minimum Gasteiger partial charge on any atom is -0.444 e. The maximum atomic E-state index is 12.0. The van der Waals surface area contributed by atoms with E-state index in [2.05, 4.69) is 12.2 Å². The fourth-order valence-corrected chi connectivity index (χ4v) is 1.91. The molecule has 0 aliphatic carbocycles. The van der Waals surface area contributed by atoms with Gasteiger partial charge in [0, 0.05) is 25.7 Å². The Morgan fingerprint density at radius 2 is 2.19 bits per heavy atom. The number of hydrogen-bond acceptors (Lipinski definition) is 3. The first-order chi connectivity index (χ1) is 7.44. The van der Waals surface area contributed by atoms with Crippen molar-refractivity contribution in [2.45, 2.75) is 52.2 Å². The molecule has 1 aliphatic heterocycles. The molecule has 1 fully saturated rings. The third-order valence-electron chi connectivity index (χ3n) is 2.60. The Morgan fingerprint density at radius 1 is 1.50 bits per heavy atom. The number of carbonyl (C=O) groups excluding carboxylic acids is 1. The quantitative estimate of drug-likeness (QED) is 0.786. The molecule has 0 aromatic rings. The summed E-state index contributed by atoms with van der Waals surface area (Å²) in [7, 11) is 0. The van der Waals surface area contributed by atoms with Gasteiger partial charge in [0.15, 0.2) is 0 Å². The number of nitrogens with zero attached hydrogens (tertiary/aromatic N) is 1. The molecule has 1 N–H and O–H groups in total. The predicted octanol–water partition coefficient (Wildman–Crippen LogP) is 2.00. The van der Waals surface area contributed by atoms with Gasteiger partial charge in [-0.1, -0.05) is 13.3 Å². The highest BCUT2D eigenvalue weighted by Crippen LogP contribution is 2.15. The molecule has 1 rings (SSSR count). The fourth-order valence-electron chi connectivity index (χ4n) is 1.91. The Kier molecular flexibility index (Phi) is 4.59. The van der Waals surface area contributed by atoms with Crippen LogP contribution in [0.4, 0.5) is 4.79 Å². The highest BCUT2D eigenvalue weighted by molar-refractivity contribution is 5.68. The molecular formula is C12H24N2O2. The first-order valence-electron chi connectivity index (χ1n) is 6.14. The molecule has 1 saturated heterocycles. The van der Waals surface area contributed by atoms with Gasteiger partial charge >= 0.3 is 6.09 Å². The lowest BCUT2D eigenvalue weighted by molar-refractivity contribution is 0.0111. The topological polar surface area (TPSA) is 41.6 Å². The van der Waals surface area contributed by atoms with E-state index in [1.54, 1.807) is 0 Å². The Labute approximate surface area is 98.3 Å². The lowest BCUT2D eigenvalue weighted by Gasteiger charge is -2.37.